The fraction of sp³-hybridized carbons (Fsp3) is 0.143. The number of halogens is 1. The Bertz CT molecular complexity index is 393. The second-order valence-corrected chi connectivity index (χ2v) is 3.21. The van der Waals surface area contributed by atoms with Crippen molar-refractivity contribution >= 4 is 21.6 Å². The molecule has 0 amide bonds. The monoisotopic (exact) mass is 212 g/mol. The molecule has 2 rings (SSSR count). The maximum Gasteiger partial charge on any atom is 0.320 e. The van der Waals surface area contributed by atoms with Crippen LogP contribution < -0.4 is 4.40 Å². The van der Waals surface area contributed by atoms with E-state index < -0.39 is 0 Å². The molecule has 2 aromatic heterocycles. The van der Waals surface area contributed by atoms with E-state index in [2.05, 4.69) is 26.1 Å². The van der Waals surface area contributed by atoms with Gasteiger partial charge in [0, 0.05) is 12.0 Å². The SMILES string of the molecule is Cc1[nH]nc2c(Br)ccc[n+]12. The number of aromatic nitrogens is 3. The second kappa shape index (κ2) is 2.30. The fourth-order valence-electron chi connectivity index (χ4n) is 1.04. The summed E-state index contributed by atoms with van der Waals surface area (Å²) in [6.07, 6.45) is 1.97. The highest BCUT2D eigenvalue weighted by Gasteiger charge is 2.10. The number of nitrogens with zero attached hydrogens (tertiary/aromatic N) is 2. The third kappa shape index (κ3) is 0.939. The Morgan fingerprint density at radius 2 is 2.45 bits per heavy atom. The van der Waals surface area contributed by atoms with Gasteiger partial charge in [0.25, 0.3) is 0 Å². The Labute approximate surface area is 72.2 Å². The molecule has 2 heterocycles. The Morgan fingerprint density at radius 3 is 3.18 bits per heavy atom. The molecule has 0 spiro atoms. The number of fused-ring (bicyclic) bond motifs is 1. The molecule has 56 valence electrons. The summed E-state index contributed by atoms with van der Waals surface area (Å²) in [5.74, 6) is 1.03. The van der Waals surface area contributed by atoms with Gasteiger partial charge in [-0.1, -0.05) is 0 Å². The van der Waals surface area contributed by atoms with E-state index in [0.29, 0.717) is 0 Å². The van der Waals surface area contributed by atoms with E-state index in [1.807, 2.05) is 29.7 Å². The number of rotatable bonds is 0. The maximum absolute atomic E-state index is 4.11. The van der Waals surface area contributed by atoms with Crippen molar-refractivity contribution in [2.75, 3.05) is 0 Å². The van der Waals surface area contributed by atoms with E-state index in [1.165, 1.54) is 0 Å². The predicted molar refractivity (Wildman–Crippen MR) is 44.2 cm³/mol. The molecule has 0 aliphatic carbocycles. The van der Waals surface area contributed by atoms with Gasteiger partial charge in [0.05, 0.1) is 10.7 Å². The highest BCUT2D eigenvalue weighted by molar-refractivity contribution is 9.10. The minimum atomic E-state index is 0.921. The zero-order valence-corrected chi connectivity index (χ0v) is 7.59. The summed E-state index contributed by atoms with van der Waals surface area (Å²) in [6.45, 7) is 1.98. The lowest BCUT2D eigenvalue weighted by Gasteiger charge is -1.86. The van der Waals surface area contributed by atoms with E-state index in [-0.39, 0.29) is 0 Å². The van der Waals surface area contributed by atoms with Crippen LogP contribution in [-0.4, -0.2) is 10.2 Å². The molecule has 0 radical (unpaired) electrons. The van der Waals surface area contributed by atoms with Crippen LogP contribution in [0, 0.1) is 6.92 Å². The fourth-order valence-corrected chi connectivity index (χ4v) is 1.47. The molecule has 0 saturated carbocycles. The first kappa shape index (κ1) is 6.79. The molecule has 4 heteroatoms. The molecule has 3 nitrogen and oxygen atoms in total. The van der Waals surface area contributed by atoms with Crippen molar-refractivity contribution in [2.45, 2.75) is 6.92 Å². The normalized spacial score (nSPS) is 10.7. The topological polar surface area (TPSA) is 32.8 Å². The summed E-state index contributed by atoms with van der Waals surface area (Å²) in [5, 5.41) is 7.01. The molecule has 0 fully saturated rings. The molecule has 0 aliphatic rings. The first-order chi connectivity index (χ1) is 5.29. The highest BCUT2D eigenvalue weighted by atomic mass is 79.9. The zero-order valence-electron chi connectivity index (χ0n) is 6.00. The number of hydrogen-bond donors (Lipinski definition) is 1. The Hall–Kier alpha value is -0.900. The number of H-pyrrole nitrogens is 1. The van der Waals surface area contributed by atoms with Crippen molar-refractivity contribution in [1.82, 2.24) is 10.2 Å². The van der Waals surface area contributed by atoms with Crippen LogP contribution in [0.25, 0.3) is 5.65 Å². The quantitative estimate of drug-likeness (QED) is 0.655. The average Bonchev–Trinajstić information content (AvgIpc) is 2.35. The highest BCUT2D eigenvalue weighted by Crippen LogP contribution is 2.10. The molecule has 0 aromatic carbocycles. The molecule has 0 bridgehead atoms. The van der Waals surface area contributed by atoms with Gasteiger partial charge in [-0.25, -0.2) is 4.40 Å². The van der Waals surface area contributed by atoms with E-state index in [1.54, 1.807) is 0 Å². The van der Waals surface area contributed by atoms with Gasteiger partial charge in [-0.3, -0.25) is 0 Å². The van der Waals surface area contributed by atoms with Crippen molar-refractivity contribution in [3.05, 3.63) is 28.6 Å². The van der Waals surface area contributed by atoms with Crippen LogP contribution in [0.15, 0.2) is 22.8 Å². The van der Waals surface area contributed by atoms with E-state index in [9.17, 15) is 0 Å². The smallest absolute Gasteiger partial charge is 0.201 e. The minimum absolute atomic E-state index is 0.921. The van der Waals surface area contributed by atoms with E-state index >= 15 is 0 Å². The second-order valence-electron chi connectivity index (χ2n) is 2.36. The van der Waals surface area contributed by atoms with Crippen molar-refractivity contribution in [1.29, 1.82) is 0 Å². The number of pyridine rings is 1. The van der Waals surface area contributed by atoms with Gasteiger partial charge in [-0.2, -0.15) is 0 Å². The number of aromatic amines is 1. The van der Waals surface area contributed by atoms with Crippen LogP contribution in [-0.2, 0) is 0 Å². The number of aryl methyl sites for hydroxylation is 1. The van der Waals surface area contributed by atoms with Gasteiger partial charge in [0.1, 0.15) is 0 Å². The molecular weight excluding hydrogens is 206 g/mol. The van der Waals surface area contributed by atoms with Crippen LogP contribution in [0.5, 0.6) is 0 Å². The van der Waals surface area contributed by atoms with Crippen LogP contribution in [0.3, 0.4) is 0 Å². The van der Waals surface area contributed by atoms with Gasteiger partial charge < -0.3 is 0 Å². The van der Waals surface area contributed by atoms with Crippen molar-refractivity contribution in [3.63, 3.8) is 0 Å². The van der Waals surface area contributed by atoms with Crippen LogP contribution >= 0.6 is 15.9 Å². The predicted octanol–water partition coefficient (Wildman–Crippen LogP) is 1.22. The summed E-state index contributed by atoms with van der Waals surface area (Å²) in [7, 11) is 0. The molecule has 0 unspecified atom stereocenters. The Morgan fingerprint density at radius 1 is 1.64 bits per heavy atom. The lowest BCUT2D eigenvalue weighted by Crippen LogP contribution is -2.21. The molecule has 1 N–H and O–H groups in total. The van der Waals surface area contributed by atoms with Crippen LogP contribution in [0.2, 0.25) is 0 Å². The number of nitrogens with one attached hydrogen (secondary N) is 1. The van der Waals surface area contributed by atoms with Crippen molar-refractivity contribution in [3.8, 4) is 0 Å². The van der Waals surface area contributed by atoms with Crippen LogP contribution in [0.4, 0.5) is 0 Å². The first-order valence-electron chi connectivity index (χ1n) is 3.30. The van der Waals surface area contributed by atoms with E-state index in [0.717, 1.165) is 15.9 Å². The maximum atomic E-state index is 4.11. The molecule has 0 atom stereocenters. The van der Waals surface area contributed by atoms with Gasteiger partial charge in [-0.15, -0.1) is 5.10 Å². The molecule has 0 aliphatic heterocycles. The van der Waals surface area contributed by atoms with E-state index in [4.69, 9.17) is 0 Å². The van der Waals surface area contributed by atoms with Crippen molar-refractivity contribution in [2.24, 2.45) is 0 Å². The molecular formula is C7H7BrN3+. The Kier molecular flexibility index (Phi) is 1.42. The molecule has 0 saturated heterocycles. The Balaban J connectivity index is 2.94. The van der Waals surface area contributed by atoms with Gasteiger partial charge in [0.15, 0.2) is 0 Å². The summed E-state index contributed by atoms with van der Waals surface area (Å²) in [5.41, 5.74) is 0.921. The average molecular weight is 213 g/mol. The summed E-state index contributed by atoms with van der Waals surface area (Å²) in [6, 6.07) is 3.94. The summed E-state index contributed by atoms with van der Waals surface area (Å²) >= 11 is 3.41. The van der Waals surface area contributed by atoms with Gasteiger partial charge >= 0.3 is 5.65 Å². The third-order valence-corrected chi connectivity index (χ3v) is 2.22. The van der Waals surface area contributed by atoms with Gasteiger partial charge in [0.2, 0.25) is 5.82 Å². The standard InChI is InChI=1S/C7H6BrN3/c1-5-9-10-7-6(8)3-2-4-11(5)7/h2-4H,1H3/p+1. The first-order valence-corrected chi connectivity index (χ1v) is 4.09. The van der Waals surface area contributed by atoms with Crippen molar-refractivity contribution < 1.29 is 4.40 Å². The lowest BCUT2D eigenvalue weighted by atomic mass is 10.5. The zero-order chi connectivity index (χ0) is 7.84. The minimum Gasteiger partial charge on any atom is -0.201 e. The molecule has 2 aromatic rings. The summed E-state index contributed by atoms with van der Waals surface area (Å²) in [4.78, 5) is 0. The third-order valence-electron chi connectivity index (χ3n) is 1.60. The number of hydrogen-bond acceptors (Lipinski definition) is 1. The summed E-state index contributed by atoms with van der Waals surface area (Å²) < 4.78 is 2.99. The largest absolute Gasteiger partial charge is 0.320 e. The lowest BCUT2D eigenvalue weighted by molar-refractivity contribution is -0.520. The van der Waals surface area contributed by atoms with Crippen LogP contribution in [0.1, 0.15) is 5.82 Å². The molecule has 11 heavy (non-hydrogen) atoms. The van der Waals surface area contributed by atoms with Gasteiger partial charge in [-0.05, 0) is 28.1 Å².